The molecule has 2 aromatic heterocycles. The molecule has 5 nitrogen and oxygen atoms in total. The van der Waals surface area contributed by atoms with Gasteiger partial charge in [0.25, 0.3) is 0 Å². The molecule has 0 aliphatic heterocycles. The third-order valence-electron chi connectivity index (χ3n) is 3.27. The van der Waals surface area contributed by atoms with E-state index in [1.165, 1.54) is 0 Å². The number of anilines is 1. The predicted molar refractivity (Wildman–Crippen MR) is 90.4 cm³/mol. The van der Waals surface area contributed by atoms with Crippen molar-refractivity contribution in [2.75, 3.05) is 32.5 Å². The summed E-state index contributed by atoms with van der Waals surface area (Å²) >= 11 is 1.61. The Bertz CT molecular complexity index is 572. The van der Waals surface area contributed by atoms with E-state index < -0.39 is 0 Å². The van der Waals surface area contributed by atoms with Gasteiger partial charge in [0.05, 0.1) is 11.9 Å². The molecule has 0 saturated heterocycles. The van der Waals surface area contributed by atoms with Crippen molar-refractivity contribution in [3.63, 3.8) is 0 Å². The zero-order chi connectivity index (χ0) is 15.8. The number of fused-ring (bicyclic) bond motifs is 1. The molecule has 0 bridgehead atoms. The maximum absolute atomic E-state index is 4.67. The second-order valence-electron chi connectivity index (χ2n) is 7.77. The fourth-order valence-corrected chi connectivity index (χ4v) is 3.14. The second kappa shape index (κ2) is 5.57. The Morgan fingerprint density at radius 3 is 2.43 bits per heavy atom. The standard InChI is InChI=1S/C15H27N5S/c1-14(2,3)11-8-20-13(17-11)21-12(18-20)16-9-15(4,5)10-19(6)7/h8H,9-10H2,1-7H3,(H,16,18). The molecule has 0 fully saturated rings. The number of nitrogens with zero attached hydrogens (tertiary/aromatic N) is 4. The van der Waals surface area contributed by atoms with Crippen molar-refractivity contribution >= 4 is 21.4 Å². The summed E-state index contributed by atoms with van der Waals surface area (Å²) < 4.78 is 1.88. The van der Waals surface area contributed by atoms with E-state index in [-0.39, 0.29) is 10.8 Å². The van der Waals surface area contributed by atoms with Crippen LogP contribution in [0.5, 0.6) is 0 Å². The third kappa shape index (κ3) is 4.17. The molecule has 0 spiro atoms. The molecule has 0 unspecified atom stereocenters. The second-order valence-corrected chi connectivity index (χ2v) is 8.72. The lowest BCUT2D eigenvalue weighted by Crippen LogP contribution is -2.34. The van der Waals surface area contributed by atoms with Gasteiger partial charge in [-0.15, -0.1) is 5.10 Å². The van der Waals surface area contributed by atoms with E-state index in [0.717, 1.165) is 28.9 Å². The van der Waals surface area contributed by atoms with E-state index in [2.05, 4.69) is 69.0 Å². The first-order valence-electron chi connectivity index (χ1n) is 7.32. The summed E-state index contributed by atoms with van der Waals surface area (Å²) in [6.45, 7) is 13.0. The first kappa shape index (κ1) is 16.2. The quantitative estimate of drug-likeness (QED) is 0.922. The Kier molecular flexibility index (Phi) is 4.31. The topological polar surface area (TPSA) is 45.5 Å². The van der Waals surface area contributed by atoms with E-state index in [0.29, 0.717) is 0 Å². The van der Waals surface area contributed by atoms with Crippen LogP contribution >= 0.6 is 11.3 Å². The molecule has 0 aliphatic carbocycles. The molecule has 2 aromatic rings. The lowest BCUT2D eigenvalue weighted by molar-refractivity contribution is 0.254. The van der Waals surface area contributed by atoms with Crippen LogP contribution in [0, 0.1) is 5.41 Å². The Balaban J connectivity index is 2.05. The van der Waals surface area contributed by atoms with Gasteiger partial charge in [-0.3, -0.25) is 0 Å². The van der Waals surface area contributed by atoms with Gasteiger partial charge in [0.15, 0.2) is 0 Å². The van der Waals surface area contributed by atoms with E-state index >= 15 is 0 Å². The smallest absolute Gasteiger partial charge is 0.214 e. The molecule has 0 saturated carbocycles. The highest BCUT2D eigenvalue weighted by molar-refractivity contribution is 7.20. The van der Waals surface area contributed by atoms with E-state index in [1.807, 2.05) is 10.7 Å². The lowest BCUT2D eigenvalue weighted by Gasteiger charge is -2.28. The summed E-state index contributed by atoms with van der Waals surface area (Å²) in [7, 11) is 4.21. The van der Waals surface area contributed by atoms with Gasteiger partial charge in [0.1, 0.15) is 0 Å². The van der Waals surface area contributed by atoms with Crippen molar-refractivity contribution in [2.24, 2.45) is 5.41 Å². The van der Waals surface area contributed by atoms with Crippen LogP contribution in [0.2, 0.25) is 0 Å². The molecule has 0 aromatic carbocycles. The number of imidazole rings is 1. The fourth-order valence-electron chi connectivity index (χ4n) is 2.36. The van der Waals surface area contributed by atoms with E-state index in [4.69, 9.17) is 0 Å². The van der Waals surface area contributed by atoms with Crippen LogP contribution in [0.25, 0.3) is 4.96 Å². The van der Waals surface area contributed by atoms with E-state index in [9.17, 15) is 0 Å². The highest BCUT2D eigenvalue weighted by atomic mass is 32.1. The number of hydrogen-bond donors (Lipinski definition) is 1. The molecule has 2 heterocycles. The Hall–Kier alpha value is -1.14. The van der Waals surface area contributed by atoms with Gasteiger partial charge < -0.3 is 10.2 Å². The molecule has 21 heavy (non-hydrogen) atoms. The van der Waals surface area contributed by atoms with Crippen molar-refractivity contribution in [3.8, 4) is 0 Å². The minimum atomic E-state index is 0.0642. The van der Waals surface area contributed by atoms with Crippen LogP contribution in [-0.4, -0.2) is 46.7 Å². The summed E-state index contributed by atoms with van der Waals surface area (Å²) in [4.78, 5) is 7.83. The maximum atomic E-state index is 4.67. The van der Waals surface area contributed by atoms with Gasteiger partial charge >= 0.3 is 0 Å². The molecule has 0 amide bonds. The largest absolute Gasteiger partial charge is 0.359 e. The summed E-state index contributed by atoms with van der Waals surface area (Å²) in [6.07, 6.45) is 2.03. The van der Waals surface area contributed by atoms with Gasteiger partial charge in [0, 0.05) is 18.5 Å². The zero-order valence-corrected chi connectivity index (χ0v) is 15.0. The van der Waals surface area contributed by atoms with Crippen molar-refractivity contribution in [3.05, 3.63) is 11.9 Å². The van der Waals surface area contributed by atoms with Crippen LogP contribution in [-0.2, 0) is 5.41 Å². The molecule has 0 aliphatic rings. The van der Waals surface area contributed by atoms with Crippen molar-refractivity contribution in [1.82, 2.24) is 19.5 Å². The van der Waals surface area contributed by atoms with Crippen LogP contribution < -0.4 is 5.32 Å². The molecule has 6 heteroatoms. The molecule has 118 valence electrons. The third-order valence-corrected chi connectivity index (χ3v) is 4.15. The van der Waals surface area contributed by atoms with Gasteiger partial charge in [-0.2, -0.15) is 0 Å². The highest BCUT2D eigenvalue weighted by Crippen LogP contribution is 2.26. The normalized spacial score (nSPS) is 13.3. The summed E-state index contributed by atoms with van der Waals surface area (Å²) in [5, 5.41) is 8.96. The van der Waals surface area contributed by atoms with Crippen LogP contribution in [0.1, 0.15) is 40.3 Å². The summed E-state index contributed by atoms with van der Waals surface area (Å²) in [5.74, 6) is 0. The number of hydrogen-bond acceptors (Lipinski definition) is 5. The lowest BCUT2D eigenvalue weighted by atomic mass is 9.93. The zero-order valence-electron chi connectivity index (χ0n) is 14.2. The molecule has 0 radical (unpaired) electrons. The van der Waals surface area contributed by atoms with Crippen molar-refractivity contribution < 1.29 is 0 Å². The SMILES string of the molecule is CN(C)CC(C)(C)CNc1nn2cc(C(C)(C)C)nc2s1. The average molecular weight is 309 g/mol. The Labute approximate surface area is 131 Å². The first-order valence-corrected chi connectivity index (χ1v) is 8.14. The van der Waals surface area contributed by atoms with Crippen LogP contribution in [0.15, 0.2) is 6.20 Å². The average Bonchev–Trinajstić information content (AvgIpc) is 2.80. The number of aromatic nitrogens is 3. The minimum Gasteiger partial charge on any atom is -0.359 e. The maximum Gasteiger partial charge on any atom is 0.214 e. The number of nitrogens with one attached hydrogen (secondary N) is 1. The van der Waals surface area contributed by atoms with E-state index in [1.54, 1.807) is 11.3 Å². The number of rotatable bonds is 5. The molecule has 0 atom stereocenters. The summed E-state index contributed by atoms with van der Waals surface area (Å²) in [6, 6.07) is 0. The first-order chi connectivity index (χ1) is 9.57. The minimum absolute atomic E-state index is 0.0642. The monoisotopic (exact) mass is 309 g/mol. The van der Waals surface area contributed by atoms with Crippen molar-refractivity contribution in [1.29, 1.82) is 0 Å². The summed E-state index contributed by atoms with van der Waals surface area (Å²) in [5.41, 5.74) is 1.35. The van der Waals surface area contributed by atoms with Crippen LogP contribution in [0.3, 0.4) is 0 Å². The molecule has 2 rings (SSSR count). The highest BCUT2D eigenvalue weighted by Gasteiger charge is 2.21. The Morgan fingerprint density at radius 1 is 1.24 bits per heavy atom. The molecular formula is C15H27N5S. The predicted octanol–water partition coefficient (Wildman–Crippen LogP) is 3.09. The van der Waals surface area contributed by atoms with Gasteiger partial charge in [-0.1, -0.05) is 46.0 Å². The molecular weight excluding hydrogens is 282 g/mol. The van der Waals surface area contributed by atoms with Crippen molar-refractivity contribution in [2.45, 2.75) is 40.0 Å². The van der Waals surface area contributed by atoms with Gasteiger partial charge in [-0.05, 0) is 19.5 Å². The van der Waals surface area contributed by atoms with Crippen LogP contribution in [0.4, 0.5) is 5.13 Å². The van der Waals surface area contributed by atoms with Gasteiger partial charge in [-0.25, -0.2) is 9.50 Å². The molecule has 1 N–H and O–H groups in total. The Morgan fingerprint density at radius 2 is 1.90 bits per heavy atom. The van der Waals surface area contributed by atoms with Gasteiger partial charge in [0.2, 0.25) is 10.1 Å². The fraction of sp³-hybridized carbons (Fsp3) is 0.733.